The average molecular weight is 347 g/mol. The molecular formula is C16H19BrN4. The van der Waals surface area contributed by atoms with Crippen molar-refractivity contribution in [3.05, 3.63) is 34.2 Å². The van der Waals surface area contributed by atoms with Crippen molar-refractivity contribution in [2.24, 2.45) is 0 Å². The van der Waals surface area contributed by atoms with Gasteiger partial charge in [0, 0.05) is 30.9 Å². The largest absolute Gasteiger partial charge is 0.372 e. The third-order valence-electron chi connectivity index (χ3n) is 4.12. The van der Waals surface area contributed by atoms with Crippen LogP contribution in [0.1, 0.15) is 42.9 Å². The van der Waals surface area contributed by atoms with Crippen LogP contribution < -0.4 is 5.32 Å². The van der Waals surface area contributed by atoms with E-state index in [2.05, 4.69) is 31.2 Å². The van der Waals surface area contributed by atoms with E-state index in [0.717, 1.165) is 32.9 Å². The van der Waals surface area contributed by atoms with E-state index in [1.165, 1.54) is 25.7 Å². The van der Waals surface area contributed by atoms with Gasteiger partial charge in [-0.25, -0.2) is 9.97 Å². The quantitative estimate of drug-likeness (QED) is 0.899. The molecule has 0 radical (unpaired) electrons. The maximum absolute atomic E-state index is 4.87. The van der Waals surface area contributed by atoms with Gasteiger partial charge in [0.25, 0.3) is 0 Å². The molecule has 0 saturated heterocycles. The third kappa shape index (κ3) is 2.79. The highest BCUT2D eigenvalue weighted by Crippen LogP contribution is 2.39. The zero-order chi connectivity index (χ0) is 14.8. The highest BCUT2D eigenvalue weighted by atomic mass is 79.9. The molecule has 110 valence electrons. The minimum absolute atomic E-state index is 0.537. The number of rotatable bonds is 3. The molecule has 3 rings (SSSR count). The Labute approximate surface area is 133 Å². The Hall–Kier alpha value is -1.49. The standard InChI is InChI=1S/C16H19BrN4/c1-10-9-19-8-7-12(10)15-20-14(11-5-3-4-6-11)13(17)16(18-2)21-15/h7-9,11H,3-6H2,1-2H3,(H,18,20,21). The zero-order valence-electron chi connectivity index (χ0n) is 12.4. The van der Waals surface area contributed by atoms with Crippen LogP contribution in [0, 0.1) is 6.92 Å². The van der Waals surface area contributed by atoms with Crippen LogP contribution in [-0.4, -0.2) is 22.0 Å². The Bertz CT molecular complexity index is 651. The van der Waals surface area contributed by atoms with Crippen molar-refractivity contribution in [1.29, 1.82) is 0 Å². The van der Waals surface area contributed by atoms with Crippen LogP contribution in [0.3, 0.4) is 0 Å². The Morgan fingerprint density at radius 3 is 2.67 bits per heavy atom. The lowest BCUT2D eigenvalue weighted by Gasteiger charge is -2.16. The maximum Gasteiger partial charge on any atom is 0.162 e. The maximum atomic E-state index is 4.87. The summed E-state index contributed by atoms with van der Waals surface area (Å²) in [5.74, 6) is 2.18. The fourth-order valence-electron chi connectivity index (χ4n) is 2.94. The van der Waals surface area contributed by atoms with Crippen LogP contribution in [0.15, 0.2) is 22.9 Å². The SMILES string of the molecule is CNc1nc(-c2ccncc2C)nc(C2CCCC2)c1Br. The second-order valence-electron chi connectivity index (χ2n) is 5.52. The van der Waals surface area contributed by atoms with Gasteiger partial charge in [-0.1, -0.05) is 12.8 Å². The van der Waals surface area contributed by atoms with E-state index < -0.39 is 0 Å². The topological polar surface area (TPSA) is 50.7 Å². The minimum Gasteiger partial charge on any atom is -0.372 e. The van der Waals surface area contributed by atoms with Gasteiger partial charge in [0.05, 0.1) is 10.2 Å². The summed E-state index contributed by atoms with van der Waals surface area (Å²) in [5.41, 5.74) is 3.28. The molecule has 5 heteroatoms. The van der Waals surface area contributed by atoms with Crippen molar-refractivity contribution in [2.75, 3.05) is 12.4 Å². The molecule has 0 unspecified atom stereocenters. The molecule has 1 aliphatic carbocycles. The van der Waals surface area contributed by atoms with Gasteiger partial charge in [-0.3, -0.25) is 4.98 Å². The second kappa shape index (κ2) is 6.10. The molecule has 0 aliphatic heterocycles. The van der Waals surface area contributed by atoms with Gasteiger partial charge >= 0.3 is 0 Å². The first-order valence-electron chi connectivity index (χ1n) is 7.37. The zero-order valence-corrected chi connectivity index (χ0v) is 13.9. The summed E-state index contributed by atoms with van der Waals surface area (Å²) >= 11 is 3.68. The first-order valence-corrected chi connectivity index (χ1v) is 8.16. The van der Waals surface area contributed by atoms with Crippen LogP contribution in [0.2, 0.25) is 0 Å². The molecule has 1 N–H and O–H groups in total. The summed E-state index contributed by atoms with van der Waals surface area (Å²) in [6.45, 7) is 2.04. The smallest absolute Gasteiger partial charge is 0.162 e. The molecular weight excluding hydrogens is 328 g/mol. The summed E-state index contributed by atoms with van der Waals surface area (Å²) < 4.78 is 1.01. The molecule has 0 atom stereocenters. The van der Waals surface area contributed by atoms with Gasteiger partial charge < -0.3 is 5.32 Å². The number of hydrogen-bond acceptors (Lipinski definition) is 4. The average Bonchev–Trinajstić information content (AvgIpc) is 3.02. The number of pyridine rings is 1. The first kappa shape index (κ1) is 14.4. The number of anilines is 1. The van der Waals surface area contributed by atoms with Gasteiger partial charge in [0.15, 0.2) is 5.82 Å². The molecule has 2 aromatic heterocycles. The second-order valence-corrected chi connectivity index (χ2v) is 6.31. The van der Waals surface area contributed by atoms with Crippen LogP contribution >= 0.6 is 15.9 Å². The third-order valence-corrected chi connectivity index (χ3v) is 4.90. The van der Waals surface area contributed by atoms with Gasteiger partial charge in [-0.2, -0.15) is 0 Å². The summed E-state index contributed by atoms with van der Waals surface area (Å²) in [6.07, 6.45) is 8.66. The van der Waals surface area contributed by atoms with Gasteiger partial charge in [0.1, 0.15) is 5.82 Å². The van der Waals surface area contributed by atoms with Crippen molar-refractivity contribution < 1.29 is 0 Å². The molecule has 2 aromatic rings. The molecule has 21 heavy (non-hydrogen) atoms. The minimum atomic E-state index is 0.537. The lowest BCUT2D eigenvalue weighted by atomic mass is 10.0. The predicted molar refractivity (Wildman–Crippen MR) is 88.5 cm³/mol. The number of halogens is 1. The fraction of sp³-hybridized carbons (Fsp3) is 0.438. The normalized spacial score (nSPS) is 15.4. The Morgan fingerprint density at radius 1 is 1.24 bits per heavy atom. The molecule has 2 heterocycles. The first-order chi connectivity index (χ1) is 10.2. The van der Waals surface area contributed by atoms with Gasteiger partial charge in [-0.15, -0.1) is 0 Å². The molecule has 1 saturated carbocycles. The number of aryl methyl sites for hydroxylation is 1. The number of hydrogen-bond donors (Lipinski definition) is 1. The Balaban J connectivity index is 2.13. The summed E-state index contributed by atoms with van der Waals surface area (Å²) in [5, 5.41) is 3.18. The summed E-state index contributed by atoms with van der Waals surface area (Å²) in [7, 11) is 1.90. The molecule has 1 fully saturated rings. The lowest BCUT2D eigenvalue weighted by Crippen LogP contribution is -2.06. The fourth-order valence-corrected chi connectivity index (χ4v) is 3.64. The van der Waals surface area contributed by atoms with Gasteiger partial charge in [-0.05, 0) is 47.3 Å². The Morgan fingerprint density at radius 2 is 2.00 bits per heavy atom. The van der Waals surface area contributed by atoms with E-state index in [4.69, 9.17) is 4.98 Å². The molecule has 1 aliphatic rings. The van der Waals surface area contributed by atoms with E-state index in [1.54, 1.807) is 6.20 Å². The van der Waals surface area contributed by atoms with E-state index in [-0.39, 0.29) is 0 Å². The van der Waals surface area contributed by atoms with E-state index in [9.17, 15) is 0 Å². The lowest BCUT2D eigenvalue weighted by molar-refractivity contribution is 0.691. The number of nitrogens with one attached hydrogen (secondary N) is 1. The van der Waals surface area contributed by atoms with Gasteiger partial charge in [0.2, 0.25) is 0 Å². The molecule has 4 nitrogen and oxygen atoms in total. The van der Waals surface area contributed by atoms with E-state index >= 15 is 0 Å². The van der Waals surface area contributed by atoms with Crippen LogP contribution in [-0.2, 0) is 0 Å². The highest BCUT2D eigenvalue weighted by Gasteiger charge is 2.24. The van der Waals surface area contributed by atoms with Crippen molar-refractivity contribution in [3.8, 4) is 11.4 Å². The molecule has 0 amide bonds. The number of aromatic nitrogens is 3. The molecule has 0 bridgehead atoms. The molecule has 0 spiro atoms. The van der Waals surface area contributed by atoms with Crippen molar-refractivity contribution in [1.82, 2.24) is 15.0 Å². The van der Waals surface area contributed by atoms with E-state index in [1.807, 2.05) is 26.2 Å². The monoisotopic (exact) mass is 346 g/mol. The van der Waals surface area contributed by atoms with Crippen LogP contribution in [0.4, 0.5) is 5.82 Å². The Kier molecular flexibility index (Phi) is 4.19. The van der Waals surface area contributed by atoms with Crippen molar-refractivity contribution in [2.45, 2.75) is 38.5 Å². The summed E-state index contributed by atoms with van der Waals surface area (Å²) in [6, 6.07) is 1.98. The van der Waals surface area contributed by atoms with Crippen LogP contribution in [0.25, 0.3) is 11.4 Å². The van der Waals surface area contributed by atoms with Crippen molar-refractivity contribution in [3.63, 3.8) is 0 Å². The number of nitrogens with zero attached hydrogens (tertiary/aromatic N) is 3. The summed E-state index contributed by atoms with van der Waals surface area (Å²) in [4.78, 5) is 13.7. The van der Waals surface area contributed by atoms with Crippen molar-refractivity contribution >= 4 is 21.7 Å². The predicted octanol–water partition coefficient (Wildman–Crippen LogP) is 4.31. The van der Waals surface area contributed by atoms with E-state index in [0.29, 0.717) is 5.92 Å². The molecule has 0 aromatic carbocycles. The highest BCUT2D eigenvalue weighted by molar-refractivity contribution is 9.10. The van der Waals surface area contributed by atoms with Crippen LogP contribution in [0.5, 0.6) is 0 Å².